The van der Waals surface area contributed by atoms with Crippen molar-refractivity contribution in [3.63, 3.8) is 0 Å². The normalized spacial score (nSPS) is 11.0. The fraction of sp³-hybridized carbons (Fsp3) is 0.133. The van der Waals surface area contributed by atoms with Gasteiger partial charge in [-0.05, 0) is 48.9 Å². The zero-order valence-corrected chi connectivity index (χ0v) is 10.4. The Morgan fingerprint density at radius 1 is 1.00 bits per heavy atom. The predicted molar refractivity (Wildman–Crippen MR) is 75.0 cm³/mol. The third-order valence-corrected chi connectivity index (χ3v) is 3.27. The van der Waals surface area contributed by atoms with Crippen LogP contribution in [0, 0.1) is 6.92 Å². The van der Waals surface area contributed by atoms with Gasteiger partial charge in [0.15, 0.2) is 0 Å². The molecule has 18 heavy (non-hydrogen) atoms. The van der Waals surface area contributed by atoms with E-state index in [4.69, 9.17) is 10.5 Å². The van der Waals surface area contributed by atoms with Crippen molar-refractivity contribution in [1.29, 1.82) is 0 Å². The Bertz CT molecular complexity index is 750. The van der Waals surface area contributed by atoms with Gasteiger partial charge in [0.25, 0.3) is 0 Å². The molecule has 0 aliphatic heterocycles. The van der Waals surface area contributed by atoms with Gasteiger partial charge in [0.2, 0.25) is 0 Å². The standard InChI is InChI=1S/C15H14N2O/c1-9-12-7-10(16)3-5-14(12)17-15-6-4-11(18-2)8-13(9)15/h3-8H,16H2,1-2H3. The molecule has 2 N–H and O–H groups in total. The molecular formula is C15H14N2O. The SMILES string of the molecule is COc1ccc2nc3ccc(N)cc3c(C)c2c1. The quantitative estimate of drug-likeness (QED) is 0.522. The van der Waals surface area contributed by atoms with Crippen LogP contribution in [0.15, 0.2) is 36.4 Å². The second kappa shape index (κ2) is 3.88. The Morgan fingerprint density at radius 2 is 1.67 bits per heavy atom. The Balaban J connectivity index is 2.45. The summed E-state index contributed by atoms with van der Waals surface area (Å²) in [5, 5.41) is 2.20. The molecule has 3 rings (SSSR count). The Morgan fingerprint density at radius 3 is 2.39 bits per heavy atom. The van der Waals surface area contributed by atoms with Gasteiger partial charge >= 0.3 is 0 Å². The average Bonchev–Trinajstić information content (AvgIpc) is 2.40. The number of aryl methyl sites for hydroxylation is 1. The van der Waals surface area contributed by atoms with E-state index in [-0.39, 0.29) is 0 Å². The van der Waals surface area contributed by atoms with E-state index in [0.717, 1.165) is 33.2 Å². The highest BCUT2D eigenvalue weighted by Gasteiger charge is 2.06. The molecule has 0 aliphatic carbocycles. The summed E-state index contributed by atoms with van der Waals surface area (Å²) >= 11 is 0. The lowest BCUT2D eigenvalue weighted by Gasteiger charge is -2.09. The number of pyridine rings is 1. The van der Waals surface area contributed by atoms with E-state index >= 15 is 0 Å². The Kier molecular flexibility index (Phi) is 2.33. The molecule has 0 aliphatic rings. The molecule has 1 aromatic heterocycles. The summed E-state index contributed by atoms with van der Waals surface area (Å²) in [6, 6.07) is 11.7. The van der Waals surface area contributed by atoms with Gasteiger partial charge in [0.1, 0.15) is 5.75 Å². The van der Waals surface area contributed by atoms with Crippen LogP contribution in [0.25, 0.3) is 21.8 Å². The summed E-state index contributed by atoms with van der Waals surface area (Å²) in [7, 11) is 1.67. The van der Waals surface area contributed by atoms with Crippen molar-refractivity contribution in [1.82, 2.24) is 4.98 Å². The van der Waals surface area contributed by atoms with Gasteiger partial charge in [0.05, 0.1) is 18.1 Å². The molecule has 3 nitrogen and oxygen atoms in total. The first-order valence-corrected chi connectivity index (χ1v) is 5.82. The summed E-state index contributed by atoms with van der Waals surface area (Å²) in [5.41, 5.74) is 9.73. The number of aromatic nitrogens is 1. The maximum atomic E-state index is 5.84. The number of benzene rings is 2. The fourth-order valence-corrected chi connectivity index (χ4v) is 2.27. The molecule has 0 radical (unpaired) electrons. The smallest absolute Gasteiger partial charge is 0.119 e. The minimum atomic E-state index is 0.759. The molecule has 0 atom stereocenters. The summed E-state index contributed by atoms with van der Waals surface area (Å²) in [5.74, 6) is 0.843. The third-order valence-electron chi connectivity index (χ3n) is 3.27. The summed E-state index contributed by atoms with van der Waals surface area (Å²) in [4.78, 5) is 4.64. The molecule has 0 saturated carbocycles. The van der Waals surface area contributed by atoms with E-state index < -0.39 is 0 Å². The van der Waals surface area contributed by atoms with Crippen LogP contribution in [0.3, 0.4) is 0 Å². The van der Waals surface area contributed by atoms with E-state index in [1.165, 1.54) is 5.56 Å². The van der Waals surface area contributed by atoms with Crippen molar-refractivity contribution in [3.8, 4) is 5.75 Å². The summed E-state index contributed by atoms with van der Waals surface area (Å²) < 4.78 is 5.26. The van der Waals surface area contributed by atoms with E-state index in [2.05, 4.69) is 11.9 Å². The van der Waals surface area contributed by atoms with Crippen LogP contribution in [0.2, 0.25) is 0 Å². The molecule has 0 saturated heterocycles. The Hall–Kier alpha value is -2.29. The third kappa shape index (κ3) is 1.56. The Labute approximate surface area is 105 Å². The van der Waals surface area contributed by atoms with Crippen LogP contribution in [0.1, 0.15) is 5.56 Å². The van der Waals surface area contributed by atoms with Gasteiger partial charge in [-0.1, -0.05) is 0 Å². The van der Waals surface area contributed by atoms with Gasteiger partial charge in [0, 0.05) is 16.5 Å². The molecule has 0 spiro atoms. The molecule has 0 amide bonds. The second-order valence-corrected chi connectivity index (χ2v) is 4.40. The molecule has 3 aromatic rings. The van der Waals surface area contributed by atoms with Crippen molar-refractivity contribution < 1.29 is 4.74 Å². The maximum Gasteiger partial charge on any atom is 0.119 e. The first-order valence-electron chi connectivity index (χ1n) is 5.82. The van der Waals surface area contributed by atoms with Gasteiger partial charge < -0.3 is 10.5 Å². The average molecular weight is 238 g/mol. The topological polar surface area (TPSA) is 48.1 Å². The van der Waals surface area contributed by atoms with Crippen molar-refractivity contribution in [3.05, 3.63) is 42.0 Å². The van der Waals surface area contributed by atoms with Crippen LogP contribution in [-0.4, -0.2) is 12.1 Å². The van der Waals surface area contributed by atoms with Crippen molar-refractivity contribution in [2.45, 2.75) is 6.92 Å². The lowest BCUT2D eigenvalue weighted by atomic mass is 10.0. The van der Waals surface area contributed by atoms with Gasteiger partial charge in [-0.15, -0.1) is 0 Å². The van der Waals surface area contributed by atoms with Crippen LogP contribution in [0.4, 0.5) is 5.69 Å². The van der Waals surface area contributed by atoms with Crippen LogP contribution < -0.4 is 10.5 Å². The highest BCUT2D eigenvalue weighted by atomic mass is 16.5. The molecule has 1 heterocycles. The van der Waals surface area contributed by atoms with Crippen molar-refractivity contribution in [2.24, 2.45) is 0 Å². The predicted octanol–water partition coefficient (Wildman–Crippen LogP) is 3.29. The number of anilines is 1. The fourth-order valence-electron chi connectivity index (χ4n) is 2.27. The van der Waals surface area contributed by atoms with Gasteiger partial charge in [-0.3, -0.25) is 0 Å². The number of rotatable bonds is 1. The van der Waals surface area contributed by atoms with E-state index in [0.29, 0.717) is 0 Å². The maximum absolute atomic E-state index is 5.84. The van der Waals surface area contributed by atoms with Crippen LogP contribution in [0.5, 0.6) is 5.75 Å². The number of hydrogen-bond donors (Lipinski definition) is 1. The zero-order chi connectivity index (χ0) is 12.7. The lowest BCUT2D eigenvalue weighted by Crippen LogP contribution is -1.91. The number of nitrogens with two attached hydrogens (primary N) is 1. The first-order chi connectivity index (χ1) is 8.69. The second-order valence-electron chi connectivity index (χ2n) is 4.40. The van der Waals surface area contributed by atoms with Gasteiger partial charge in [-0.2, -0.15) is 0 Å². The van der Waals surface area contributed by atoms with Gasteiger partial charge in [-0.25, -0.2) is 4.98 Å². The number of nitrogens with zero attached hydrogens (tertiary/aromatic N) is 1. The largest absolute Gasteiger partial charge is 0.497 e. The molecule has 0 fully saturated rings. The van der Waals surface area contributed by atoms with Crippen LogP contribution in [-0.2, 0) is 0 Å². The number of nitrogen functional groups attached to an aromatic ring is 1. The van der Waals surface area contributed by atoms with Crippen molar-refractivity contribution in [2.75, 3.05) is 12.8 Å². The minimum Gasteiger partial charge on any atom is -0.497 e. The van der Waals surface area contributed by atoms with E-state index in [9.17, 15) is 0 Å². The number of methoxy groups -OCH3 is 1. The highest BCUT2D eigenvalue weighted by molar-refractivity contribution is 5.98. The highest BCUT2D eigenvalue weighted by Crippen LogP contribution is 2.29. The van der Waals surface area contributed by atoms with E-state index in [1.807, 2.05) is 36.4 Å². The monoisotopic (exact) mass is 238 g/mol. The first kappa shape index (κ1) is 10.8. The van der Waals surface area contributed by atoms with Crippen molar-refractivity contribution >= 4 is 27.5 Å². The minimum absolute atomic E-state index is 0.759. The molecule has 3 heteroatoms. The lowest BCUT2D eigenvalue weighted by molar-refractivity contribution is 0.415. The number of fused-ring (bicyclic) bond motifs is 2. The van der Waals surface area contributed by atoms with E-state index in [1.54, 1.807) is 7.11 Å². The zero-order valence-electron chi connectivity index (χ0n) is 10.4. The summed E-state index contributed by atoms with van der Waals surface area (Å²) in [6.45, 7) is 2.09. The molecule has 2 aromatic carbocycles. The molecule has 0 unspecified atom stereocenters. The molecule has 0 bridgehead atoms. The number of hydrogen-bond acceptors (Lipinski definition) is 3. The van der Waals surface area contributed by atoms with Crippen LogP contribution >= 0.6 is 0 Å². The number of ether oxygens (including phenoxy) is 1. The molecule has 90 valence electrons. The summed E-state index contributed by atoms with van der Waals surface area (Å²) in [6.07, 6.45) is 0. The molecular weight excluding hydrogens is 224 g/mol.